The number of Topliss-reactive ketones (excluding diaryl/α,β-unsaturated/α-hetero) is 1. The van der Waals surface area contributed by atoms with Gasteiger partial charge in [0.15, 0.2) is 6.61 Å². The second-order valence-corrected chi connectivity index (χ2v) is 7.43. The predicted molar refractivity (Wildman–Crippen MR) is 109 cm³/mol. The fraction of sp³-hybridized carbons (Fsp3) is 0.348. The van der Waals surface area contributed by atoms with Crippen molar-refractivity contribution in [2.75, 3.05) is 19.7 Å². The van der Waals surface area contributed by atoms with Gasteiger partial charge in [0.1, 0.15) is 5.75 Å². The van der Waals surface area contributed by atoms with E-state index in [1.807, 2.05) is 30.3 Å². The van der Waals surface area contributed by atoms with E-state index in [0.29, 0.717) is 5.92 Å². The van der Waals surface area contributed by atoms with Gasteiger partial charge in [0.25, 0.3) is 0 Å². The Kier molecular flexibility index (Phi) is 4.99. The highest BCUT2D eigenvalue weighted by molar-refractivity contribution is 6.10. The summed E-state index contributed by atoms with van der Waals surface area (Å²) in [5.41, 5.74) is 4.32. The van der Waals surface area contributed by atoms with Gasteiger partial charge in [-0.3, -0.25) is 4.79 Å². The molecule has 2 heterocycles. The second-order valence-electron chi connectivity index (χ2n) is 7.43. The summed E-state index contributed by atoms with van der Waals surface area (Å²) in [6.45, 7) is 7.09. The molecule has 1 N–H and O–H groups in total. The molecular formula is C23H26N2O2. The smallest absolute Gasteiger partial charge is 0.202 e. The number of fused-ring (bicyclic) bond motifs is 3. The Morgan fingerprint density at radius 3 is 2.85 bits per heavy atom. The highest BCUT2D eigenvalue weighted by Gasteiger charge is 2.23. The molecule has 1 aliphatic rings. The van der Waals surface area contributed by atoms with Crippen molar-refractivity contribution in [2.45, 2.75) is 32.7 Å². The first-order valence-corrected chi connectivity index (χ1v) is 9.72. The van der Waals surface area contributed by atoms with Crippen molar-refractivity contribution >= 4 is 16.7 Å². The van der Waals surface area contributed by atoms with Crippen LogP contribution >= 0.6 is 0 Å². The number of benzene rings is 2. The third-order valence-corrected chi connectivity index (χ3v) is 5.30. The van der Waals surface area contributed by atoms with Crippen molar-refractivity contribution in [2.24, 2.45) is 0 Å². The van der Waals surface area contributed by atoms with Crippen LogP contribution in [-0.4, -0.2) is 30.0 Å². The van der Waals surface area contributed by atoms with E-state index in [2.05, 4.69) is 41.9 Å². The van der Waals surface area contributed by atoms with Crippen molar-refractivity contribution in [3.05, 3.63) is 65.4 Å². The molecule has 4 rings (SSSR count). The molecule has 4 heteroatoms. The Morgan fingerprint density at radius 2 is 2.00 bits per heavy atom. The Morgan fingerprint density at radius 1 is 1.15 bits per heavy atom. The Bertz CT molecular complexity index is 972. The van der Waals surface area contributed by atoms with E-state index in [9.17, 15) is 4.79 Å². The lowest BCUT2D eigenvalue weighted by Gasteiger charge is -2.10. The molecule has 3 aromatic rings. The molecule has 1 aliphatic heterocycles. The van der Waals surface area contributed by atoms with Crippen LogP contribution in [0.5, 0.6) is 5.75 Å². The first-order valence-electron chi connectivity index (χ1n) is 9.72. The van der Waals surface area contributed by atoms with Crippen molar-refractivity contribution < 1.29 is 9.53 Å². The summed E-state index contributed by atoms with van der Waals surface area (Å²) in [6.07, 6.45) is 0.860. The van der Waals surface area contributed by atoms with Crippen LogP contribution < -0.4 is 10.1 Å². The monoisotopic (exact) mass is 362 g/mol. The van der Waals surface area contributed by atoms with Crippen molar-refractivity contribution in [1.29, 1.82) is 0 Å². The first-order chi connectivity index (χ1) is 13.1. The maximum Gasteiger partial charge on any atom is 0.202 e. The minimum absolute atomic E-state index is 0.0526. The van der Waals surface area contributed by atoms with Crippen LogP contribution in [0.3, 0.4) is 0 Å². The molecule has 0 radical (unpaired) electrons. The van der Waals surface area contributed by atoms with Gasteiger partial charge < -0.3 is 14.6 Å². The van der Waals surface area contributed by atoms with E-state index in [4.69, 9.17) is 4.74 Å². The summed E-state index contributed by atoms with van der Waals surface area (Å²) in [6, 6.07) is 16.2. The van der Waals surface area contributed by atoms with E-state index in [1.165, 1.54) is 5.56 Å². The molecule has 0 saturated carbocycles. The summed E-state index contributed by atoms with van der Waals surface area (Å²) in [4.78, 5) is 13.1. The van der Waals surface area contributed by atoms with Gasteiger partial charge in [-0.15, -0.1) is 0 Å². The molecule has 1 aromatic heterocycles. The van der Waals surface area contributed by atoms with E-state index in [0.717, 1.165) is 54.0 Å². The molecule has 2 aromatic carbocycles. The highest BCUT2D eigenvalue weighted by atomic mass is 16.5. The third kappa shape index (κ3) is 3.50. The number of ketones is 1. The summed E-state index contributed by atoms with van der Waals surface area (Å²) in [5.74, 6) is 1.24. The topological polar surface area (TPSA) is 43.3 Å². The zero-order chi connectivity index (χ0) is 18.8. The normalized spacial score (nSPS) is 14.2. The van der Waals surface area contributed by atoms with Gasteiger partial charge in [0.2, 0.25) is 5.78 Å². The molecule has 0 unspecified atom stereocenters. The number of ether oxygens (including phenoxy) is 1. The lowest BCUT2D eigenvalue weighted by Crippen LogP contribution is -2.17. The van der Waals surface area contributed by atoms with Crippen molar-refractivity contribution in [3.8, 4) is 5.75 Å². The van der Waals surface area contributed by atoms with Crippen LogP contribution in [-0.2, 0) is 13.0 Å². The lowest BCUT2D eigenvalue weighted by atomic mass is 10.0. The maximum atomic E-state index is 13.1. The molecule has 0 fully saturated rings. The fourth-order valence-corrected chi connectivity index (χ4v) is 3.89. The maximum absolute atomic E-state index is 13.1. The second kappa shape index (κ2) is 7.57. The summed E-state index contributed by atoms with van der Waals surface area (Å²) in [5, 5.41) is 4.46. The number of nitrogens with one attached hydrogen (secondary N) is 1. The minimum atomic E-state index is 0.0526. The van der Waals surface area contributed by atoms with E-state index < -0.39 is 0 Å². The predicted octanol–water partition coefficient (Wildman–Crippen LogP) is 4.17. The van der Waals surface area contributed by atoms with Gasteiger partial charge in [-0.05, 0) is 29.7 Å². The summed E-state index contributed by atoms with van der Waals surface area (Å²) >= 11 is 0. The number of carbonyl (C=O) groups excluding carboxylic acids is 1. The summed E-state index contributed by atoms with van der Waals surface area (Å²) < 4.78 is 8.17. The van der Waals surface area contributed by atoms with Crippen LogP contribution in [0.2, 0.25) is 0 Å². The fourth-order valence-electron chi connectivity index (χ4n) is 3.89. The molecule has 140 valence electrons. The summed E-state index contributed by atoms with van der Waals surface area (Å²) in [7, 11) is 0. The van der Waals surface area contributed by atoms with Crippen LogP contribution in [0, 0.1) is 0 Å². The van der Waals surface area contributed by atoms with Gasteiger partial charge in [0, 0.05) is 42.7 Å². The van der Waals surface area contributed by atoms with Crippen LogP contribution in [0.15, 0.2) is 48.5 Å². The molecule has 4 nitrogen and oxygen atoms in total. The average molecular weight is 362 g/mol. The van der Waals surface area contributed by atoms with Crippen LogP contribution in [0.25, 0.3) is 10.9 Å². The largest absolute Gasteiger partial charge is 0.485 e. The molecule has 0 saturated heterocycles. The Hall–Kier alpha value is -2.59. The van der Waals surface area contributed by atoms with Gasteiger partial charge in [-0.25, -0.2) is 0 Å². The molecule has 0 aliphatic carbocycles. The SMILES string of the molecule is CC(C)c1cccc(OCC(=O)c2c3n(c4ccccc24)CCNCC3)c1. The molecular weight excluding hydrogens is 336 g/mol. The van der Waals surface area contributed by atoms with Crippen molar-refractivity contribution in [3.63, 3.8) is 0 Å². The third-order valence-electron chi connectivity index (χ3n) is 5.30. The van der Waals surface area contributed by atoms with Crippen molar-refractivity contribution in [1.82, 2.24) is 9.88 Å². The van der Waals surface area contributed by atoms with E-state index >= 15 is 0 Å². The number of nitrogens with zero attached hydrogens (tertiary/aromatic N) is 1. The standard InChI is InChI=1S/C23H26N2O2/c1-16(2)17-6-5-7-18(14-17)27-15-22(26)23-19-8-3-4-9-20(19)25-13-12-24-11-10-21(23)25/h3-9,14,16,24H,10-13,15H2,1-2H3. The highest BCUT2D eigenvalue weighted by Crippen LogP contribution is 2.28. The quantitative estimate of drug-likeness (QED) is 0.693. The molecule has 0 spiro atoms. The molecule has 0 atom stereocenters. The zero-order valence-electron chi connectivity index (χ0n) is 16.0. The molecule has 27 heavy (non-hydrogen) atoms. The van der Waals surface area contributed by atoms with Gasteiger partial charge in [-0.2, -0.15) is 0 Å². The number of hydrogen-bond donors (Lipinski definition) is 1. The average Bonchev–Trinajstić information content (AvgIpc) is 2.82. The lowest BCUT2D eigenvalue weighted by molar-refractivity contribution is 0.0922. The van der Waals surface area contributed by atoms with Crippen LogP contribution in [0.1, 0.15) is 41.4 Å². The number of aromatic nitrogens is 1. The zero-order valence-corrected chi connectivity index (χ0v) is 16.0. The van der Waals surface area contributed by atoms with Gasteiger partial charge in [0.05, 0.1) is 5.56 Å². The van der Waals surface area contributed by atoms with Gasteiger partial charge in [-0.1, -0.05) is 44.2 Å². The van der Waals surface area contributed by atoms with Crippen LogP contribution in [0.4, 0.5) is 0 Å². The molecule has 0 amide bonds. The number of hydrogen-bond acceptors (Lipinski definition) is 3. The Labute approximate surface area is 160 Å². The van der Waals surface area contributed by atoms with Gasteiger partial charge >= 0.3 is 0 Å². The number of rotatable bonds is 5. The van der Waals surface area contributed by atoms with E-state index in [1.54, 1.807) is 0 Å². The molecule has 0 bridgehead atoms. The Balaban J connectivity index is 1.63. The first kappa shape index (κ1) is 17.8. The van der Waals surface area contributed by atoms with E-state index in [-0.39, 0.29) is 12.4 Å². The number of para-hydroxylation sites is 1. The minimum Gasteiger partial charge on any atom is -0.485 e. The number of carbonyl (C=O) groups is 1.